The zero-order chi connectivity index (χ0) is 17.9. The molecule has 3 nitrogen and oxygen atoms in total. The highest BCUT2D eigenvalue weighted by Crippen LogP contribution is 2.32. The molecule has 2 aromatic carbocycles. The molecule has 1 fully saturated rings. The van der Waals surface area contributed by atoms with Crippen molar-refractivity contribution < 1.29 is 13.5 Å². The minimum Gasteiger partial charge on any atom is -0.378 e. The molecule has 1 saturated heterocycles. The molecule has 0 atom stereocenters. The largest absolute Gasteiger partial charge is 0.378 e. The normalized spacial score (nSPS) is 16.5. The van der Waals surface area contributed by atoms with E-state index >= 15 is 0 Å². The first kappa shape index (κ1) is 17.4. The van der Waals surface area contributed by atoms with Gasteiger partial charge in [0.05, 0.1) is 17.2 Å². The van der Waals surface area contributed by atoms with Crippen LogP contribution in [0, 0.1) is 23.0 Å². The molecule has 1 aliphatic heterocycles. The second-order valence-electron chi connectivity index (χ2n) is 6.45. The van der Waals surface area contributed by atoms with Crippen molar-refractivity contribution in [2.24, 2.45) is 0 Å². The minimum atomic E-state index is -0.566. The predicted octanol–water partition coefficient (Wildman–Crippen LogP) is 4.06. The molecule has 0 unspecified atom stereocenters. The summed E-state index contributed by atoms with van der Waals surface area (Å²) in [4.78, 5) is 2.24. The van der Waals surface area contributed by atoms with E-state index in [1.807, 2.05) is 12.1 Å². The molecule has 2 aromatic rings. The van der Waals surface area contributed by atoms with Crippen LogP contribution >= 0.6 is 0 Å². The fourth-order valence-corrected chi connectivity index (χ4v) is 3.38. The number of ether oxygens (including phenoxy) is 1. The SMILES string of the molecule is COC1(Cc2ccc(F)cc2F)CCN(c2ccc(C#N)cc2)CC1. The number of hydrogen-bond donors (Lipinski definition) is 0. The third-order valence-corrected chi connectivity index (χ3v) is 5.00. The van der Waals surface area contributed by atoms with Gasteiger partial charge in [-0.2, -0.15) is 5.26 Å². The highest BCUT2D eigenvalue weighted by atomic mass is 19.1. The second kappa shape index (κ2) is 7.20. The molecule has 0 aliphatic carbocycles. The molecule has 0 aromatic heterocycles. The van der Waals surface area contributed by atoms with Crippen LogP contribution in [0.5, 0.6) is 0 Å². The Balaban J connectivity index is 1.70. The van der Waals surface area contributed by atoms with Crippen molar-refractivity contribution in [3.05, 3.63) is 65.2 Å². The lowest BCUT2D eigenvalue weighted by Gasteiger charge is -2.42. The summed E-state index contributed by atoms with van der Waals surface area (Å²) in [5.41, 5.74) is 1.74. The number of rotatable bonds is 4. The number of piperidine rings is 1. The van der Waals surface area contributed by atoms with E-state index in [0.29, 0.717) is 17.5 Å². The zero-order valence-electron chi connectivity index (χ0n) is 14.1. The molecule has 0 N–H and O–H groups in total. The quantitative estimate of drug-likeness (QED) is 0.840. The van der Waals surface area contributed by atoms with E-state index in [-0.39, 0.29) is 0 Å². The molecule has 1 aliphatic rings. The summed E-state index contributed by atoms with van der Waals surface area (Å²) in [7, 11) is 1.65. The van der Waals surface area contributed by atoms with Crippen LogP contribution in [0.15, 0.2) is 42.5 Å². The maximum absolute atomic E-state index is 14.0. The van der Waals surface area contributed by atoms with E-state index in [4.69, 9.17) is 10.00 Å². The molecule has 0 saturated carbocycles. The summed E-state index contributed by atoms with van der Waals surface area (Å²) in [6.45, 7) is 1.56. The van der Waals surface area contributed by atoms with Crippen molar-refractivity contribution in [3.8, 4) is 6.07 Å². The lowest BCUT2D eigenvalue weighted by atomic mass is 9.84. The number of benzene rings is 2. The Morgan fingerprint density at radius 2 is 1.80 bits per heavy atom. The van der Waals surface area contributed by atoms with Crippen molar-refractivity contribution in [1.82, 2.24) is 0 Å². The van der Waals surface area contributed by atoms with Crippen molar-refractivity contribution >= 4 is 5.69 Å². The molecular formula is C20H20F2N2O. The maximum atomic E-state index is 14.0. The molecule has 130 valence electrons. The fraction of sp³-hybridized carbons (Fsp3) is 0.350. The van der Waals surface area contributed by atoms with E-state index in [2.05, 4.69) is 11.0 Å². The summed E-state index contributed by atoms with van der Waals surface area (Å²) in [5.74, 6) is -1.09. The van der Waals surface area contributed by atoms with Gasteiger partial charge in [-0.05, 0) is 48.7 Å². The lowest BCUT2D eigenvalue weighted by Crippen LogP contribution is -2.47. The van der Waals surface area contributed by atoms with Crippen LogP contribution in [-0.4, -0.2) is 25.8 Å². The van der Waals surface area contributed by atoms with Crippen LogP contribution in [0.3, 0.4) is 0 Å². The first-order chi connectivity index (χ1) is 12.0. The van der Waals surface area contributed by atoms with Gasteiger partial charge in [0.15, 0.2) is 0 Å². The Bertz CT molecular complexity index is 775. The number of halogens is 2. The molecule has 0 bridgehead atoms. The Kier molecular flexibility index (Phi) is 5.00. The lowest BCUT2D eigenvalue weighted by molar-refractivity contribution is -0.0295. The van der Waals surface area contributed by atoms with Crippen molar-refractivity contribution in [1.29, 1.82) is 5.26 Å². The Labute approximate surface area is 146 Å². The minimum absolute atomic E-state index is 0.427. The van der Waals surface area contributed by atoms with Gasteiger partial charge < -0.3 is 9.64 Å². The van der Waals surface area contributed by atoms with Crippen LogP contribution in [0.4, 0.5) is 14.5 Å². The summed E-state index contributed by atoms with van der Waals surface area (Å²) in [6.07, 6.45) is 1.93. The molecule has 0 radical (unpaired) electrons. The van der Waals surface area contributed by atoms with Gasteiger partial charge in [-0.3, -0.25) is 0 Å². The first-order valence-electron chi connectivity index (χ1n) is 8.29. The maximum Gasteiger partial charge on any atom is 0.129 e. The Morgan fingerprint density at radius 1 is 1.12 bits per heavy atom. The van der Waals surface area contributed by atoms with Gasteiger partial charge in [0, 0.05) is 38.4 Å². The number of anilines is 1. The highest BCUT2D eigenvalue weighted by molar-refractivity contribution is 5.50. The highest BCUT2D eigenvalue weighted by Gasteiger charge is 2.35. The third-order valence-electron chi connectivity index (χ3n) is 5.00. The summed E-state index contributed by atoms with van der Waals surface area (Å²) >= 11 is 0. The van der Waals surface area contributed by atoms with Crippen molar-refractivity contribution in [2.75, 3.05) is 25.1 Å². The van der Waals surface area contributed by atoms with Gasteiger partial charge in [0.2, 0.25) is 0 Å². The summed E-state index contributed by atoms with van der Waals surface area (Å²) < 4.78 is 32.8. The predicted molar refractivity (Wildman–Crippen MR) is 92.4 cm³/mol. The van der Waals surface area contributed by atoms with Crippen molar-refractivity contribution in [2.45, 2.75) is 24.9 Å². The topological polar surface area (TPSA) is 36.3 Å². The number of methoxy groups -OCH3 is 1. The van der Waals surface area contributed by atoms with Gasteiger partial charge in [0.25, 0.3) is 0 Å². The molecule has 25 heavy (non-hydrogen) atoms. The Morgan fingerprint density at radius 3 is 2.36 bits per heavy atom. The molecule has 1 heterocycles. The van der Waals surface area contributed by atoms with E-state index in [1.54, 1.807) is 19.2 Å². The molecule has 3 rings (SSSR count). The monoisotopic (exact) mass is 342 g/mol. The van der Waals surface area contributed by atoms with E-state index in [1.165, 1.54) is 12.1 Å². The van der Waals surface area contributed by atoms with E-state index in [0.717, 1.165) is 37.7 Å². The van der Waals surface area contributed by atoms with Gasteiger partial charge in [-0.1, -0.05) is 6.07 Å². The number of nitrogens with zero attached hydrogens (tertiary/aromatic N) is 2. The van der Waals surface area contributed by atoms with E-state index in [9.17, 15) is 8.78 Å². The third kappa shape index (κ3) is 3.80. The van der Waals surface area contributed by atoms with Gasteiger partial charge >= 0.3 is 0 Å². The van der Waals surface area contributed by atoms with Crippen LogP contribution in [-0.2, 0) is 11.2 Å². The molecular weight excluding hydrogens is 322 g/mol. The van der Waals surface area contributed by atoms with Crippen LogP contribution in [0.2, 0.25) is 0 Å². The van der Waals surface area contributed by atoms with Crippen LogP contribution in [0.25, 0.3) is 0 Å². The van der Waals surface area contributed by atoms with Gasteiger partial charge in [0.1, 0.15) is 11.6 Å². The fourth-order valence-electron chi connectivity index (χ4n) is 3.38. The van der Waals surface area contributed by atoms with Crippen LogP contribution in [0.1, 0.15) is 24.0 Å². The van der Waals surface area contributed by atoms with Crippen molar-refractivity contribution in [3.63, 3.8) is 0 Å². The molecule has 5 heteroatoms. The average Bonchev–Trinajstić information content (AvgIpc) is 2.65. The van der Waals surface area contributed by atoms with E-state index < -0.39 is 17.2 Å². The number of nitriles is 1. The second-order valence-corrected chi connectivity index (χ2v) is 6.45. The van der Waals surface area contributed by atoms with Crippen LogP contribution < -0.4 is 4.90 Å². The Hall–Kier alpha value is -2.45. The van der Waals surface area contributed by atoms with Gasteiger partial charge in [-0.15, -0.1) is 0 Å². The average molecular weight is 342 g/mol. The standard InChI is InChI=1S/C20H20F2N2O/c1-25-20(13-16-4-5-17(21)12-19(16)22)8-10-24(11-9-20)18-6-2-15(14-23)3-7-18/h2-7,12H,8-11,13H2,1H3. The first-order valence-corrected chi connectivity index (χ1v) is 8.29. The smallest absolute Gasteiger partial charge is 0.129 e. The zero-order valence-corrected chi connectivity index (χ0v) is 14.1. The number of hydrogen-bond acceptors (Lipinski definition) is 3. The van der Waals surface area contributed by atoms with Gasteiger partial charge in [-0.25, -0.2) is 8.78 Å². The molecule has 0 spiro atoms. The summed E-state index contributed by atoms with van der Waals surface area (Å²) in [6, 6.07) is 13.3. The summed E-state index contributed by atoms with van der Waals surface area (Å²) in [5, 5.41) is 8.88. The molecule has 0 amide bonds.